The summed E-state index contributed by atoms with van der Waals surface area (Å²) in [5, 5.41) is 28.3. The average molecular weight is 539 g/mol. The number of imidazole rings is 1. The van der Waals surface area contributed by atoms with Gasteiger partial charge in [0.1, 0.15) is 29.0 Å². The molecule has 0 amide bonds. The lowest BCUT2D eigenvalue weighted by Gasteiger charge is -2.13. The maximum atomic E-state index is 9.79. The first-order chi connectivity index (χ1) is 18.9. The molecule has 6 aromatic rings. The van der Waals surface area contributed by atoms with Crippen LogP contribution in [-0.2, 0) is 13.0 Å². The van der Waals surface area contributed by atoms with Gasteiger partial charge in [0.05, 0.1) is 33.7 Å². The molecule has 10 heteroatoms. The number of thiazole rings is 1. The van der Waals surface area contributed by atoms with Gasteiger partial charge in [-0.2, -0.15) is 0 Å². The van der Waals surface area contributed by atoms with Crippen molar-refractivity contribution in [2.24, 2.45) is 5.73 Å². The molecule has 6 N–H and O–H groups in total. The lowest BCUT2D eigenvalue weighted by Crippen LogP contribution is -2.10. The highest BCUT2D eigenvalue weighted by Crippen LogP contribution is 2.35. The van der Waals surface area contributed by atoms with Crippen molar-refractivity contribution in [3.05, 3.63) is 101 Å². The van der Waals surface area contributed by atoms with Crippen molar-refractivity contribution in [3.8, 4) is 17.5 Å². The maximum absolute atomic E-state index is 9.79. The molecule has 0 radical (unpaired) electrons. The first-order valence-electron chi connectivity index (χ1n) is 12.4. The van der Waals surface area contributed by atoms with Gasteiger partial charge in [-0.05, 0) is 54.4 Å². The number of rotatable bonds is 9. The number of hydrogen-bond donors (Lipinski definition) is 5. The summed E-state index contributed by atoms with van der Waals surface area (Å²) in [6.07, 6.45) is 0.671. The van der Waals surface area contributed by atoms with E-state index in [-0.39, 0.29) is 23.5 Å². The Labute approximate surface area is 227 Å². The molecule has 3 aromatic carbocycles. The van der Waals surface area contributed by atoms with Crippen LogP contribution in [0, 0.1) is 5.41 Å². The standard InChI is InChI=1S/C29H26N6O3S/c30-27(31)18-7-10-23-24(16-18)39-29(34-23)20(28-32-21-3-1-2-4-22(21)33-28)15-17-5-8-19(9-6-17)38-14-13-35-25(36)11-12-26(35)37/h1-12,16,20,36-37H,13-15H2,(H3,30,31)(H,32,33). The largest absolute Gasteiger partial charge is 0.494 e. The average Bonchev–Trinajstić information content (AvgIpc) is 3.64. The van der Waals surface area contributed by atoms with Gasteiger partial charge < -0.3 is 25.7 Å². The number of para-hydroxylation sites is 2. The SMILES string of the molecule is N=C(N)c1ccc2nc(C(Cc3ccc(OCCn4c(O)ccc4O)cc3)c3nc4ccccc4[nH]3)sc2c1. The fourth-order valence-corrected chi connectivity index (χ4v) is 5.70. The zero-order valence-electron chi connectivity index (χ0n) is 20.8. The van der Waals surface area contributed by atoms with E-state index >= 15 is 0 Å². The molecule has 9 nitrogen and oxygen atoms in total. The molecule has 0 aliphatic carbocycles. The fourth-order valence-electron chi connectivity index (χ4n) is 4.59. The van der Waals surface area contributed by atoms with Crippen molar-refractivity contribution in [1.29, 1.82) is 5.41 Å². The Bertz CT molecular complexity index is 1730. The third-order valence-electron chi connectivity index (χ3n) is 6.63. The Kier molecular flexibility index (Phi) is 6.37. The van der Waals surface area contributed by atoms with E-state index in [0.29, 0.717) is 30.9 Å². The van der Waals surface area contributed by atoms with Crippen LogP contribution in [0.15, 0.2) is 78.9 Å². The summed E-state index contributed by atoms with van der Waals surface area (Å²) in [6.45, 7) is 0.619. The number of nitrogens with zero attached hydrogens (tertiary/aromatic N) is 3. The molecule has 6 rings (SSSR count). The van der Waals surface area contributed by atoms with Crippen LogP contribution in [0.3, 0.4) is 0 Å². The second-order valence-corrected chi connectivity index (χ2v) is 10.3. The van der Waals surface area contributed by atoms with Crippen molar-refractivity contribution in [2.45, 2.75) is 18.9 Å². The number of nitrogens with one attached hydrogen (secondary N) is 2. The van der Waals surface area contributed by atoms with Crippen LogP contribution in [0.1, 0.15) is 27.9 Å². The Morgan fingerprint density at radius 3 is 2.49 bits per heavy atom. The Balaban J connectivity index is 1.25. The number of fused-ring (bicyclic) bond motifs is 2. The van der Waals surface area contributed by atoms with E-state index in [1.165, 1.54) is 16.7 Å². The Hall–Kier alpha value is -4.83. The minimum absolute atomic E-state index is 0.00422. The van der Waals surface area contributed by atoms with E-state index in [1.54, 1.807) is 11.3 Å². The second-order valence-electron chi connectivity index (χ2n) is 9.24. The van der Waals surface area contributed by atoms with Gasteiger partial charge in [-0.25, -0.2) is 9.97 Å². The molecule has 3 heterocycles. The molecule has 0 saturated heterocycles. The lowest BCUT2D eigenvalue weighted by molar-refractivity contribution is 0.275. The molecular formula is C29H26N6O3S. The number of aromatic hydroxyl groups is 2. The van der Waals surface area contributed by atoms with Gasteiger partial charge in [0.25, 0.3) is 0 Å². The Morgan fingerprint density at radius 2 is 1.74 bits per heavy atom. The predicted octanol–water partition coefficient (Wildman–Crippen LogP) is 5.12. The number of H-pyrrole nitrogens is 1. The number of nitrogens with two attached hydrogens (primary N) is 1. The number of amidine groups is 1. The van der Waals surface area contributed by atoms with Gasteiger partial charge in [0, 0.05) is 17.7 Å². The van der Waals surface area contributed by atoms with E-state index in [2.05, 4.69) is 4.98 Å². The molecule has 0 saturated carbocycles. The number of benzene rings is 3. The maximum Gasteiger partial charge on any atom is 0.193 e. The summed E-state index contributed by atoms with van der Waals surface area (Å²) in [4.78, 5) is 13.3. The smallest absolute Gasteiger partial charge is 0.193 e. The number of ether oxygens (including phenoxy) is 1. The summed E-state index contributed by atoms with van der Waals surface area (Å²) in [5.74, 6) is 1.45. The van der Waals surface area contributed by atoms with Crippen LogP contribution in [0.5, 0.6) is 17.5 Å². The van der Waals surface area contributed by atoms with E-state index in [1.807, 2.05) is 66.7 Å². The van der Waals surface area contributed by atoms with Crippen LogP contribution < -0.4 is 10.5 Å². The van der Waals surface area contributed by atoms with E-state index < -0.39 is 0 Å². The molecule has 0 aliphatic heterocycles. The van der Waals surface area contributed by atoms with E-state index in [0.717, 1.165) is 37.6 Å². The van der Waals surface area contributed by atoms with Gasteiger partial charge >= 0.3 is 0 Å². The summed E-state index contributed by atoms with van der Waals surface area (Å²) in [7, 11) is 0. The van der Waals surface area contributed by atoms with Crippen LogP contribution in [0.25, 0.3) is 21.3 Å². The summed E-state index contributed by atoms with van der Waals surface area (Å²) >= 11 is 1.58. The molecule has 1 atom stereocenters. The fraction of sp³-hybridized carbons (Fsp3) is 0.138. The lowest BCUT2D eigenvalue weighted by atomic mass is 9.99. The minimum Gasteiger partial charge on any atom is -0.494 e. The first kappa shape index (κ1) is 24.5. The van der Waals surface area contributed by atoms with Crippen molar-refractivity contribution in [1.82, 2.24) is 19.5 Å². The molecule has 0 fully saturated rings. The van der Waals surface area contributed by atoms with Gasteiger partial charge in [0.15, 0.2) is 11.8 Å². The van der Waals surface area contributed by atoms with E-state index in [9.17, 15) is 10.2 Å². The molecule has 0 spiro atoms. The zero-order chi connectivity index (χ0) is 26.9. The summed E-state index contributed by atoms with van der Waals surface area (Å²) < 4.78 is 8.18. The van der Waals surface area contributed by atoms with Crippen LogP contribution in [0.2, 0.25) is 0 Å². The molecule has 3 aromatic heterocycles. The zero-order valence-corrected chi connectivity index (χ0v) is 21.7. The van der Waals surface area contributed by atoms with Crippen molar-refractivity contribution in [3.63, 3.8) is 0 Å². The highest BCUT2D eigenvalue weighted by Gasteiger charge is 2.23. The van der Waals surface area contributed by atoms with Gasteiger partial charge in [0.2, 0.25) is 0 Å². The van der Waals surface area contributed by atoms with E-state index in [4.69, 9.17) is 25.8 Å². The molecule has 196 valence electrons. The molecule has 1 unspecified atom stereocenters. The first-order valence-corrected chi connectivity index (χ1v) is 13.2. The highest BCUT2D eigenvalue weighted by atomic mass is 32.1. The predicted molar refractivity (Wildman–Crippen MR) is 152 cm³/mol. The van der Waals surface area contributed by atoms with Crippen LogP contribution in [-0.4, -0.2) is 42.2 Å². The summed E-state index contributed by atoms with van der Waals surface area (Å²) in [5.41, 5.74) is 10.2. The normalized spacial score (nSPS) is 12.2. The number of hydrogen-bond acceptors (Lipinski definition) is 7. The van der Waals surface area contributed by atoms with Gasteiger partial charge in [-0.3, -0.25) is 9.98 Å². The van der Waals surface area contributed by atoms with Crippen LogP contribution in [0.4, 0.5) is 0 Å². The third-order valence-corrected chi connectivity index (χ3v) is 7.77. The number of aromatic nitrogens is 4. The number of nitrogen functional groups attached to an aromatic ring is 1. The van der Waals surface area contributed by atoms with Gasteiger partial charge in [-0.15, -0.1) is 11.3 Å². The third kappa shape index (κ3) is 5.01. The molecule has 39 heavy (non-hydrogen) atoms. The van der Waals surface area contributed by atoms with Crippen LogP contribution >= 0.6 is 11.3 Å². The molecule has 0 aliphatic rings. The second kappa shape index (κ2) is 10.1. The van der Waals surface area contributed by atoms with Crippen molar-refractivity contribution >= 4 is 38.4 Å². The van der Waals surface area contributed by atoms with Crippen molar-refractivity contribution in [2.75, 3.05) is 6.61 Å². The summed E-state index contributed by atoms with van der Waals surface area (Å²) in [6, 6.07) is 24.4. The molecule has 0 bridgehead atoms. The quantitative estimate of drug-likeness (QED) is 0.128. The molecular weight excluding hydrogens is 512 g/mol. The topological polar surface area (TPSA) is 146 Å². The van der Waals surface area contributed by atoms with Gasteiger partial charge in [-0.1, -0.05) is 24.3 Å². The number of aromatic amines is 1. The monoisotopic (exact) mass is 538 g/mol. The van der Waals surface area contributed by atoms with Crippen molar-refractivity contribution < 1.29 is 14.9 Å². The minimum atomic E-state index is -0.109. The Morgan fingerprint density at radius 1 is 0.974 bits per heavy atom. The highest BCUT2D eigenvalue weighted by molar-refractivity contribution is 7.18.